The lowest BCUT2D eigenvalue weighted by atomic mass is 10.2. The summed E-state index contributed by atoms with van der Waals surface area (Å²) in [6.45, 7) is 1.33. The Labute approximate surface area is 160 Å². The third kappa shape index (κ3) is 5.27. The second-order valence-corrected chi connectivity index (χ2v) is 7.38. The maximum Gasteiger partial charge on any atom is 0.340 e. The second-order valence-electron chi connectivity index (χ2n) is 5.42. The first-order chi connectivity index (χ1) is 12.6. The van der Waals surface area contributed by atoms with E-state index in [1.165, 1.54) is 19.1 Å². The fourth-order valence-electron chi connectivity index (χ4n) is 2.03. The molecule has 0 saturated carbocycles. The highest BCUT2D eigenvalue weighted by Crippen LogP contribution is 2.21. The quantitative estimate of drug-likeness (QED) is 0.727. The fraction of sp³-hybridized carbons (Fsp3) is 0.118. The van der Waals surface area contributed by atoms with Crippen molar-refractivity contribution in [3.05, 3.63) is 58.6 Å². The van der Waals surface area contributed by atoms with Crippen molar-refractivity contribution in [2.45, 2.75) is 17.9 Å². The number of halogens is 1. The summed E-state index contributed by atoms with van der Waals surface area (Å²) in [5, 5.41) is 16.3. The Balaban J connectivity index is 2.13. The van der Waals surface area contributed by atoms with Gasteiger partial charge >= 0.3 is 5.97 Å². The zero-order chi connectivity index (χ0) is 20.2. The molecular weight excluding hydrogens is 394 g/mol. The minimum atomic E-state index is -4.04. The van der Waals surface area contributed by atoms with Crippen molar-refractivity contribution >= 4 is 39.2 Å². The highest BCUT2D eigenvalue weighted by Gasteiger charge is 2.22. The fourth-order valence-corrected chi connectivity index (χ4v) is 2.76. The van der Waals surface area contributed by atoms with E-state index in [2.05, 4.69) is 5.32 Å². The molecule has 2 aromatic rings. The number of nitriles is 1. The molecule has 27 heavy (non-hydrogen) atoms. The van der Waals surface area contributed by atoms with Crippen LogP contribution in [0.3, 0.4) is 0 Å². The van der Waals surface area contributed by atoms with Gasteiger partial charge in [0.15, 0.2) is 6.10 Å². The third-order valence-corrected chi connectivity index (χ3v) is 4.64. The number of carbonyl (C=O) groups is 2. The summed E-state index contributed by atoms with van der Waals surface area (Å²) in [6, 6.07) is 11.4. The first-order valence-corrected chi connectivity index (χ1v) is 9.38. The summed E-state index contributed by atoms with van der Waals surface area (Å²) in [5.41, 5.74) is 0.467. The van der Waals surface area contributed by atoms with Crippen LogP contribution in [0.5, 0.6) is 0 Å². The van der Waals surface area contributed by atoms with Crippen LogP contribution in [-0.2, 0) is 19.6 Å². The number of rotatable bonds is 5. The molecule has 3 N–H and O–H groups in total. The molecule has 0 spiro atoms. The van der Waals surface area contributed by atoms with Crippen LogP contribution >= 0.6 is 11.6 Å². The average molecular weight is 408 g/mol. The Morgan fingerprint density at radius 3 is 2.59 bits per heavy atom. The van der Waals surface area contributed by atoms with Gasteiger partial charge in [0.25, 0.3) is 5.91 Å². The van der Waals surface area contributed by atoms with Crippen LogP contribution in [0.15, 0.2) is 47.4 Å². The molecule has 0 aliphatic rings. The number of anilines is 1. The van der Waals surface area contributed by atoms with Gasteiger partial charge in [0.1, 0.15) is 0 Å². The van der Waals surface area contributed by atoms with Crippen molar-refractivity contribution in [3.8, 4) is 6.07 Å². The number of nitrogens with zero attached hydrogens (tertiary/aromatic N) is 1. The summed E-state index contributed by atoms with van der Waals surface area (Å²) in [4.78, 5) is 24.1. The van der Waals surface area contributed by atoms with E-state index >= 15 is 0 Å². The van der Waals surface area contributed by atoms with Crippen LogP contribution in [0.4, 0.5) is 5.69 Å². The molecule has 0 aliphatic heterocycles. The van der Waals surface area contributed by atoms with E-state index in [4.69, 9.17) is 26.7 Å². The lowest BCUT2D eigenvalue weighted by Gasteiger charge is -2.14. The first kappa shape index (κ1) is 20.4. The van der Waals surface area contributed by atoms with E-state index in [1.54, 1.807) is 18.2 Å². The standard InChI is InChI=1S/C17H14ClN3O5S/c1-10(16(22)21-12-4-2-3-11(7-12)9-19)26-17(23)14-8-13(27(20,24)25)5-6-15(14)18/h2-8,10H,1H3,(H,21,22)(H2,20,24,25)/t10-/m1/s1. The molecule has 0 aliphatic carbocycles. The molecule has 1 amide bonds. The van der Waals surface area contributed by atoms with E-state index in [0.29, 0.717) is 11.3 Å². The van der Waals surface area contributed by atoms with Crippen LogP contribution in [0, 0.1) is 11.3 Å². The Morgan fingerprint density at radius 1 is 1.26 bits per heavy atom. The van der Waals surface area contributed by atoms with Gasteiger partial charge in [-0.05, 0) is 43.3 Å². The molecule has 0 bridgehead atoms. The number of sulfonamides is 1. The Hall–Kier alpha value is -2.93. The SMILES string of the molecule is C[C@@H](OC(=O)c1cc(S(N)(=O)=O)ccc1Cl)C(=O)Nc1cccc(C#N)c1. The number of esters is 1. The van der Waals surface area contributed by atoms with Gasteiger partial charge in [-0.1, -0.05) is 17.7 Å². The molecule has 8 nitrogen and oxygen atoms in total. The Morgan fingerprint density at radius 2 is 1.96 bits per heavy atom. The van der Waals surface area contributed by atoms with Gasteiger partial charge in [0.2, 0.25) is 10.0 Å². The van der Waals surface area contributed by atoms with Crippen molar-refractivity contribution in [2.75, 3.05) is 5.32 Å². The number of benzene rings is 2. The molecule has 0 aromatic heterocycles. The maximum absolute atomic E-state index is 12.2. The topological polar surface area (TPSA) is 139 Å². The molecule has 0 radical (unpaired) electrons. The summed E-state index contributed by atoms with van der Waals surface area (Å²) >= 11 is 5.90. The predicted molar refractivity (Wildman–Crippen MR) is 97.5 cm³/mol. The molecule has 0 heterocycles. The smallest absolute Gasteiger partial charge is 0.340 e. The highest BCUT2D eigenvalue weighted by molar-refractivity contribution is 7.89. The van der Waals surface area contributed by atoms with Gasteiger partial charge in [0, 0.05) is 5.69 Å². The number of nitrogens with one attached hydrogen (secondary N) is 1. The zero-order valence-electron chi connectivity index (χ0n) is 14.0. The number of nitrogens with two attached hydrogens (primary N) is 1. The van der Waals surface area contributed by atoms with Crippen molar-refractivity contribution in [2.24, 2.45) is 5.14 Å². The predicted octanol–water partition coefficient (Wildman–Crippen LogP) is 2.04. The van der Waals surface area contributed by atoms with Crippen LogP contribution < -0.4 is 10.5 Å². The Bertz CT molecular complexity index is 1050. The van der Waals surface area contributed by atoms with Gasteiger partial charge in [-0.3, -0.25) is 4.79 Å². The van der Waals surface area contributed by atoms with Gasteiger partial charge in [-0.15, -0.1) is 0 Å². The van der Waals surface area contributed by atoms with E-state index in [-0.39, 0.29) is 15.5 Å². The van der Waals surface area contributed by atoms with Crippen LogP contribution in [0.1, 0.15) is 22.8 Å². The number of amides is 1. The van der Waals surface area contributed by atoms with Gasteiger partial charge < -0.3 is 10.1 Å². The second kappa shape index (κ2) is 8.18. The molecule has 0 saturated heterocycles. The van der Waals surface area contributed by atoms with Crippen LogP contribution in [-0.4, -0.2) is 26.4 Å². The molecule has 0 unspecified atom stereocenters. The van der Waals surface area contributed by atoms with E-state index in [0.717, 1.165) is 12.1 Å². The van der Waals surface area contributed by atoms with Crippen molar-refractivity contribution in [1.82, 2.24) is 0 Å². The van der Waals surface area contributed by atoms with Crippen molar-refractivity contribution in [3.63, 3.8) is 0 Å². The lowest BCUT2D eigenvalue weighted by Crippen LogP contribution is -2.30. The van der Waals surface area contributed by atoms with Crippen LogP contribution in [0.25, 0.3) is 0 Å². The largest absolute Gasteiger partial charge is 0.449 e. The molecule has 0 fully saturated rings. The third-order valence-electron chi connectivity index (χ3n) is 3.40. The van der Waals surface area contributed by atoms with E-state index < -0.39 is 28.0 Å². The minimum absolute atomic E-state index is 0.0540. The molecular formula is C17H14ClN3O5S. The highest BCUT2D eigenvalue weighted by atomic mass is 35.5. The van der Waals surface area contributed by atoms with Gasteiger partial charge in [-0.25, -0.2) is 18.4 Å². The van der Waals surface area contributed by atoms with Crippen molar-refractivity contribution in [1.29, 1.82) is 5.26 Å². The minimum Gasteiger partial charge on any atom is -0.449 e. The van der Waals surface area contributed by atoms with E-state index in [1.807, 2.05) is 6.07 Å². The summed E-state index contributed by atoms with van der Waals surface area (Å²) in [6.07, 6.45) is -1.21. The molecule has 2 aromatic carbocycles. The number of hydrogen-bond donors (Lipinski definition) is 2. The van der Waals surface area contributed by atoms with Crippen LogP contribution in [0.2, 0.25) is 5.02 Å². The number of carbonyl (C=O) groups excluding carboxylic acids is 2. The lowest BCUT2D eigenvalue weighted by molar-refractivity contribution is -0.123. The summed E-state index contributed by atoms with van der Waals surface area (Å²) < 4.78 is 27.8. The molecule has 10 heteroatoms. The number of ether oxygens (including phenoxy) is 1. The zero-order valence-corrected chi connectivity index (χ0v) is 15.5. The normalized spacial score (nSPS) is 11.9. The maximum atomic E-state index is 12.2. The average Bonchev–Trinajstić information content (AvgIpc) is 2.61. The summed E-state index contributed by atoms with van der Waals surface area (Å²) in [5.74, 6) is -1.63. The first-order valence-electron chi connectivity index (χ1n) is 7.46. The van der Waals surface area contributed by atoms with Gasteiger partial charge in [0.05, 0.1) is 27.1 Å². The van der Waals surface area contributed by atoms with Gasteiger partial charge in [-0.2, -0.15) is 5.26 Å². The molecule has 1 atom stereocenters. The monoisotopic (exact) mass is 407 g/mol. The number of hydrogen-bond acceptors (Lipinski definition) is 6. The summed E-state index contributed by atoms with van der Waals surface area (Å²) in [7, 11) is -4.04. The van der Waals surface area contributed by atoms with E-state index in [9.17, 15) is 18.0 Å². The number of primary sulfonamides is 1. The Kier molecular flexibility index (Phi) is 6.17. The van der Waals surface area contributed by atoms with Crippen molar-refractivity contribution < 1.29 is 22.7 Å². The molecule has 140 valence electrons. The molecule has 2 rings (SSSR count).